The standard InChI is InChI=1S/C28H24F2N4O2/c1-15-11-13-16(14-12-15)24-21-25(32(2)28(36)33(3)27(21)35)26-23(17-7-6-8-18(29)22(17)30)31-19-9-4-5-10-20(19)34(24)26/h4,6-9,11-14,23,31H,5,10H2,1-3H3. The molecule has 0 spiro atoms. The van der Waals surface area contributed by atoms with Crippen LogP contribution in [-0.4, -0.2) is 13.7 Å². The molecule has 36 heavy (non-hydrogen) atoms. The Bertz CT molecular complexity index is 1750. The summed E-state index contributed by atoms with van der Waals surface area (Å²) in [5, 5.41) is 3.75. The quantitative estimate of drug-likeness (QED) is 0.454. The number of aryl methyl sites for hydroxylation is 2. The maximum atomic E-state index is 15.2. The van der Waals surface area contributed by atoms with Crippen LogP contribution in [0.15, 0.2) is 69.9 Å². The van der Waals surface area contributed by atoms with Crippen molar-refractivity contribution in [2.75, 3.05) is 0 Å². The van der Waals surface area contributed by atoms with Gasteiger partial charge in [-0.1, -0.05) is 48.0 Å². The molecule has 1 aliphatic heterocycles. The lowest BCUT2D eigenvalue weighted by Gasteiger charge is -2.34. The van der Waals surface area contributed by atoms with E-state index >= 15 is 4.39 Å². The lowest BCUT2D eigenvalue weighted by Crippen LogP contribution is -2.37. The molecule has 4 aromatic rings. The first-order chi connectivity index (χ1) is 17.3. The van der Waals surface area contributed by atoms with Crippen molar-refractivity contribution < 1.29 is 8.78 Å². The van der Waals surface area contributed by atoms with Gasteiger partial charge in [0, 0.05) is 25.4 Å². The van der Waals surface area contributed by atoms with Crippen molar-refractivity contribution in [2.24, 2.45) is 14.1 Å². The van der Waals surface area contributed by atoms with Crippen LogP contribution in [0.3, 0.4) is 0 Å². The summed E-state index contributed by atoms with van der Waals surface area (Å²) in [5.41, 5.74) is 4.32. The van der Waals surface area contributed by atoms with E-state index in [0.717, 1.165) is 39.6 Å². The van der Waals surface area contributed by atoms with Crippen LogP contribution in [0.2, 0.25) is 0 Å². The van der Waals surface area contributed by atoms with Crippen molar-refractivity contribution in [3.8, 4) is 11.3 Å². The minimum absolute atomic E-state index is 0.102. The zero-order valence-electron chi connectivity index (χ0n) is 20.1. The van der Waals surface area contributed by atoms with Gasteiger partial charge in [0.25, 0.3) is 5.56 Å². The molecule has 0 amide bonds. The summed E-state index contributed by atoms with van der Waals surface area (Å²) in [6, 6.07) is 11.1. The fourth-order valence-electron chi connectivity index (χ4n) is 5.43. The first-order valence-electron chi connectivity index (χ1n) is 11.8. The lowest BCUT2D eigenvalue weighted by atomic mass is 9.96. The molecule has 1 aliphatic carbocycles. The van der Waals surface area contributed by atoms with Crippen molar-refractivity contribution in [1.29, 1.82) is 0 Å². The molecule has 2 aromatic heterocycles. The normalized spacial score (nSPS) is 16.8. The van der Waals surface area contributed by atoms with Gasteiger partial charge in [-0.15, -0.1) is 0 Å². The van der Waals surface area contributed by atoms with E-state index in [9.17, 15) is 14.0 Å². The molecular formula is C28H24F2N4O2. The Labute approximate surface area is 205 Å². The highest BCUT2D eigenvalue weighted by Gasteiger charge is 2.37. The molecule has 1 atom stereocenters. The second-order valence-corrected chi connectivity index (χ2v) is 9.39. The van der Waals surface area contributed by atoms with Gasteiger partial charge in [-0.3, -0.25) is 13.9 Å². The molecule has 182 valence electrons. The Balaban J connectivity index is 1.85. The molecule has 0 radical (unpaired) electrons. The highest BCUT2D eigenvalue weighted by atomic mass is 19.2. The van der Waals surface area contributed by atoms with Gasteiger partial charge in [-0.05, 0) is 37.5 Å². The number of fused-ring (bicyclic) bond motifs is 4. The third-order valence-corrected chi connectivity index (χ3v) is 7.21. The Morgan fingerprint density at radius 1 is 1.00 bits per heavy atom. The van der Waals surface area contributed by atoms with E-state index in [1.807, 2.05) is 47.9 Å². The van der Waals surface area contributed by atoms with Crippen molar-refractivity contribution in [3.05, 3.63) is 110 Å². The number of aromatic nitrogens is 3. The number of hydrogen-bond donors (Lipinski definition) is 1. The molecule has 0 saturated heterocycles. The summed E-state index contributed by atoms with van der Waals surface area (Å²) < 4.78 is 34.1. The highest BCUT2D eigenvalue weighted by Crippen LogP contribution is 2.45. The van der Waals surface area contributed by atoms with Crippen LogP contribution < -0.4 is 16.6 Å². The van der Waals surface area contributed by atoms with E-state index in [-0.39, 0.29) is 5.56 Å². The summed E-state index contributed by atoms with van der Waals surface area (Å²) >= 11 is 0. The molecule has 2 aromatic carbocycles. The monoisotopic (exact) mass is 486 g/mol. The number of hydrogen-bond acceptors (Lipinski definition) is 3. The molecule has 0 saturated carbocycles. The van der Waals surface area contributed by atoms with Crippen molar-refractivity contribution in [1.82, 2.24) is 19.0 Å². The van der Waals surface area contributed by atoms with Crippen LogP contribution in [0.5, 0.6) is 0 Å². The molecular weight excluding hydrogens is 462 g/mol. The zero-order chi connectivity index (χ0) is 25.3. The molecule has 1 N–H and O–H groups in total. The van der Waals surface area contributed by atoms with Crippen LogP contribution in [0.4, 0.5) is 8.78 Å². The summed E-state index contributed by atoms with van der Waals surface area (Å²) in [5.74, 6) is -1.93. The van der Waals surface area contributed by atoms with Crippen LogP contribution in [-0.2, 0) is 14.1 Å². The number of allylic oxidation sites excluding steroid dienone is 3. The van der Waals surface area contributed by atoms with Gasteiger partial charge in [0.1, 0.15) is 0 Å². The van der Waals surface area contributed by atoms with E-state index in [0.29, 0.717) is 28.7 Å². The smallest absolute Gasteiger partial charge is 0.331 e. The number of nitrogens with one attached hydrogen (secondary N) is 1. The number of halogens is 2. The highest BCUT2D eigenvalue weighted by molar-refractivity contribution is 5.99. The Hall–Kier alpha value is -4.20. The van der Waals surface area contributed by atoms with Crippen LogP contribution in [0.25, 0.3) is 27.9 Å². The third-order valence-electron chi connectivity index (χ3n) is 7.21. The van der Waals surface area contributed by atoms with Gasteiger partial charge < -0.3 is 9.88 Å². The van der Waals surface area contributed by atoms with E-state index in [2.05, 4.69) is 5.32 Å². The maximum absolute atomic E-state index is 15.2. The fraction of sp³-hybridized carbons (Fsp3) is 0.214. The predicted octanol–water partition coefficient (Wildman–Crippen LogP) is 4.50. The minimum atomic E-state index is -0.967. The predicted molar refractivity (Wildman–Crippen MR) is 136 cm³/mol. The molecule has 2 aliphatic rings. The van der Waals surface area contributed by atoms with E-state index in [4.69, 9.17) is 0 Å². The van der Waals surface area contributed by atoms with Crippen LogP contribution >= 0.6 is 0 Å². The molecule has 0 fully saturated rings. The van der Waals surface area contributed by atoms with E-state index in [1.165, 1.54) is 23.7 Å². The van der Waals surface area contributed by atoms with Crippen molar-refractivity contribution >= 4 is 16.6 Å². The molecule has 1 unspecified atom stereocenters. The Morgan fingerprint density at radius 2 is 1.75 bits per heavy atom. The van der Waals surface area contributed by atoms with Gasteiger partial charge in [0.2, 0.25) is 0 Å². The second-order valence-electron chi connectivity index (χ2n) is 9.39. The maximum Gasteiger partial charge on any atom is 0.331 e. The topological polar surface area (TPSA) is 61.0 Å². The van der Waals surface area contributed by atoms with Gasteiger partial charge in [-0.2, -0.15) is 0 Å². The first kappa shape index (κ1) is 22.3. The second kappa shape index (κ2) is 7.91. The molecule has 6 rings (SSSR count). The van der Waals surface area contributed by atoms with Crippen molar-refractivity contribution in [2.45, 2.75) is 25.8 Å². The van der Waals surface area contributed by atoms with Gasteiger partial charge in [-0.25, -0.2) is 13.6 Å². The van der Waals surface area contributed by atoms with Crippen molar-refractivity contribution in [3.63, 3.8) is 0 Å². The number of benzene rings is 2. The molecule has 0 bridgehead atoms. The van der Waals surface area contributed by atoms with Gasteiger partial charge >= 0.3 is 5.69 Å². The first-order valence-corrected chi connectivity index (χ1v) is 11.8. The van der Waals surface area contributed by atoms with E-state index in [1.54, 1.807) is 7.05 Å². The zero-order valence-corrected chi connectivity index (χ0v) is 20.1. The number of rotatable bonds is 2. The minimum Gasteiger partial charge on any atom is -0.371 e. The molecule has 8 heteroatoms. The van der Waals surface area contributed by atoms with Crippen LogP contribution in [0.1, 0.15) is 35.7 Å². The van der Waals surface area contributed by atoms with E-state index < -0.39 is 28.9 Å². The van der Waals surface area contributed by atoms with Gasteiger partial charge in [0.15, 0.2) is 11.6 Å². The fourth-order valence-corrected chi connectivity index (χ4v) is 5.43. The average Bonchev–Trinajstić information content (AvgIpc) is 3.24. The summed E-state index contributed by atoms with van der Waals surface area (Å²) in [6.07, 6.45) is 5.43. The Morgan fingerprint density at radius 3 is 2.50 bits per heavy atom. The summed E-state index contributed by atoms with van der Waals surface area (Å²) in [6.45, 7) is 1.98. The largest absolute Gasteiger partial charge is 0.371 e. The molecule has 3 heterocycles. The number of nitrogens with zero attached hydrogens (tertiary/aromatic N) is 3. The lowest BCUT2D eigenvalue weighted by molar-refractivity contribution is 0.483. The average molecular weight is 487 g/mol. The van der Waals surface area contributed by atoms with Crippen LogP contribution in [0, 0.1) is 18.6 Å². The summed E-state index contributed by atoms with van der Waals surface area (Å²) in [4.78, 5) is 26.7. The van der Waals surface area contributed by atoms with Gasteiger partial charge in [0.05, 0.1) is 34.0 Å². The summed E-state index contributed by atoms with van der Waals surface area (Å²) in [7, 11) is 3.06. The molecule has 6 nitrogen and oxygen atoms in total. The SMILES string of the molecule is Cc1ccc(-c2c3c(=O)n(C)c(=O)n(C)c3c3n2C2=C(C=CCC2)NC3c2cccc(F)c2F)cc1. The third kappa shape index (κ3) is 3.00. The Kier molecular flexibility index (Phi) is 4.90.